The van der Waals surface area contributed by atoms with Crippen molar-refractivity contribution < 1.29 is 14.4 Å². The van der Waals surface area contributed by atoms with Gasteiger partial charge in [-0.15, -0.1) is 0 Å². The second-order valence-electron chi connectivity index (χ2n) is 7.48. The third-order valence-electron chi connectivity index (χ3n) is 5.42. The van der Waals surface area contributed by atoms with E-state index in [2.05, 4.69) is 10.6 Å². The quantitative estimate of drug-likeness (QED) is 0.347. The average molecular weight is 452 g/mol. The van der Waals surface area contributed by atoms with Crippen LogP contribution >= 0.6 is 12.2 Å². The van der Waals surface area contributed by atoms with Crippen molar-refractivity contribution in [1.29, 1.82) is 0 Å². The first-order chi connectivity index (χ1) is 16.0. The molecule has 1 heterocycles. The number of imide groups is 1. The number of carbonyl (C=O) groups is 3. The first kappa shape index (κ1) is 20.5. The standard InChI is InChI=1S/C26H17N3O3S/c30-23(20-14-5-8-16-7-1-2-11-19(16)20)28-26(33)27-17-9-6-10-18(15-17)29-24(31)21-12-3-4-13-22(21)25(29)32/h1-15H,(H2,27,28,30,33). The van der Waals surface area contributed by atoms with Crippen LogP contribution in [0.25, 0.3) is 10.8 Å². The number of nitrogens with one attached hydrogen (secondary N) is 2. The third kappa shape index (κ3) is 3.75. The molecule has 4 aromatic rings. The van der Waals surface area contributed by atoms with Crippen LogP contribution in [0.4, 0.5) is 11.4 Å². The fourth-order valence-corrected chi connectivity index (χ4v) is 4.11. The van der Waals surface area contributed by atoms with Crippen molar-refractivity contribution in [2.75, 3.05) is 10.2 Å². The van der Waals surface area contributed by atoms with Crippen LogP contribution in [0.1, 0.15) is 31.1 Å². The van der Waals surface area contributed by atoms with Gasteiger partial charge in [-0.05, 0) is 59.4 Å². The lowest BCUT2D eigenvalue weighted by Gasteiger charge is -2.16. The van der Waals surface area contributed by atoms with Crippen LogP contribution in [0, 0.1) is 0 Å². The number of nitrogens with zero attached hydrogens (tertiary/aromatic N) is 1. The summed E-state index contributed by atoms with van der Waals surface area (Å²) in [6.07, 6.45) is 0. The highest BCUT2D eigenvalue weighted by Gasteiger charge is 2.36. The monoisotopic (exact) mass is 451 g/mol. The summed E-state index contributed by atoms with van der Waals surface area (Å²) >= 11 is 5.33. The Kier molecular flexibility index (Phi) is 5.16. The number of fused-ring (bicyclic) bond motifs is 2. The Hall–Kier alpha value is -4.36. The van der Waals surface area contributed by atoms with Crippen molar-refractivity contribution in [2.24, 2.45) is 0 Å². The van der Waals surface area contributed by atoms with E-state index in [4.69, 9.17) is 12.2 Å². The van der Waals surface area contributed by atoms with Gasteiger partial charge in [0.2, 0.25) is 0 Å². The van der Waals surface area contributed by atoms with E-state index in [1.807, 2.05) is 36.4 Å². The van der Waals surface area contributed by atoms with Gasteiger partial charge in [0, 0.05) is 11.3 Å². The van der Waals surface area contributed by atoms with Gasteiger partial charge < -0.3 is 5.32 Å². The maximum atomic E-state index is 12.8. The van der Waals surface area contributed by atoms with Gasteiger partial charge in [0.05, 0.1) is 16.8 Å². The minimum Gasteiger partial charge on any atom is -0.332 e. The van der Waals surface area contributed by atoms with E-state index in [1.54, 1.807) is 54.6 Å². The molecule has 0 fully saturated rings. The molecule has 4 aromatic carbocycles. The molecule has 0 spiro atoms. The largest absolute Gasteiger partial charge is 0.332 e. The van der Waals surface area contributed by atoms with Crippen LogP contribution < -0.4 is 15.5 Å². The van der Waals surface area contributed by atoms with Crippen LogP contribution in [0.15, 0.2) is 91.0 Å². The second-order valence-corrected chi connectivity index (χ2v) is 7.88. The van der Waals surface area contributed by atoms with E-state index in [9.17, 15) is 14.4 Å². The van der Waals surface area contributed by atoms with Gasteiger partial charge in [0.1, 0.15) is 0 Å². The number of hydrogen-bond acceptors (Lipinski definition) is 4. The van der Waals surface area contributed by atoms with Crippen molar-refractivity contribution in [3.05, 3.63) is 108 Å². The van der Waals surface area contributed by atoms with Gasteiger partial charge in [0.25, 0.3) is 17.7 Å². The van der Waals surface area contributed by atoms with Crippen molar-refractivity contribution in [3.8, 4) is 0 Å². The molecule has 1 aliphatic heterocycles. The van der Waals surface area contributed by atoms with Crippen molar-refractivity contribution in [2.45, 2.75) is 0 Å². The summed E-state index contributed by atoms with van der Waals surface area (Å²) in [6.45, 7) is 0. The highest BCUT2D eigenvalue weighted by molar-refractivity contribution is 7.80. The molecule has 0 radical (unpaired) electrons. The first-order valence-electron chi connectivity index (χ1n) is 10.2. The van der Waals surface area contributed by atoms with E-state index < -0.39 is 0 Å². The van der Waals surface area contributed by atoms with Crippen molar-refractivity contribution >= 4 is 57.2 Å². The number of anilines is 2. The Labute approximate surface area is 194 Å². The number of benzene rings is 4. The van der Waals surface area contributed by atoms with Crippen LogP contribution in [0.3, 0.4) is 0 Å². The molecule has 0 aliphatic carbocycles. The molecule has 7 heteroatoms. The van der Waals surface area contributed by atoms with E-state index in [-0.39, 0.29) is 22.8 Å². The zero-order chi connectivity index (χ0) is 22.9. The summed E-state index contributed by atoms with van der Waals surface area (Å²) in [6, 6.07) is 26.6. The van der Waals surface area contributed by atoms with Gasteiger partial charge in [-0.1, -0.05) is 54.6 Å². The van der Waals surface area contributed by atoms with E-state index in [0.29, 0.717) is 28.1 Å². The number of amides is 3. The topological polar surface area (TPSA) is 78.5 Å². The molecule has 0 aromatic heterocycles. The van der Waals surface area contributed by atoms with Crippen LogP contribution in [0.2, 0.25) is 0 Å². The second kappa shape index (κ2) is 8.29. The lowest BCUT2D eigenvalue weighted by Crippen LogP contribution is -2.34. The third-order valence-corrected chi connectivity index (χ3v) is 5.62. The molecule has 0 saturated carbocycles. The van der Waals surface area contributed by atoms with Gasteiger partial charge in [-0.2, -0.15) is 0 Å². The molecule has 160 valence electrons. The fourth-order valence-electron chi connectivity index (χ4n) is 3.90. The van der Waals surface area contributed by atoms with E-state index >= 15 is 0 Å². The molecule has 0 saturated heterocycles. The molecule has 33 heavy (non-hydrogen) atoms. The SMILES string of the molecule is O=C(NC(=S)Nc1cccc(N2C(=O)c3ccccc3C2=O)c1)c1cccc2ccccc12. The average Bonchev–Trinajstić information content (AvgIpc) is 3.09. The Morgan fingerprint density at radius 3 is 2.15 bits per heavy atom. The summed E-state index contributed by atoms with van der Waals surface area (Å²) in [5.74, 6) is -1.08. The van der Waals surface area contributed by atoms with Gasteiger partial charge >= 0.3 is 0 Å². The number of hydrogen-bond donors (Lipinski definition) is 2. The molecule has 5 rings (SSSR count). The summed E-state index contributed by atoms with van der Waals surface area (Å²) in [7, 11) is 0. The van der Waals surface area contributed by atoms with Gasteiger partial charge in [-0.3, -0.25) is 19.7 Å². The Morgan fingerprint density at radius 2 is 1.39 bits per heavy atom. The lowest BCUT2D eigenvalue weighted by molar-refractivity contribution is 0.0924. The van der Waals surface area contributed by atoms with Crippen LogP contribution in [0.5, 0.6) is 0 Å². The predicted molar refractivity (Wildman–Crippen MR) is 132 cm³/mol. The molecule has 6 nitrogen and oxygen atoms in total. The molecule has 0 atom stereocenters. The maximum absolute atomic E-state index is 12.8. The number of rotatable bonds is 3. The van der Waals surface area contributed by atoms with Crippen molar-refractivity contribution in [1.82, 2.24) is 5.32 Å². The lowest BCUT2D eigenvalue weighted by atomic mass is 10.0. The normalized spacial score (nSPS) is 12.5. The zero-order valence-electron chi connectivity index (χ0n) is 17.2. The molecule has 0 bridgehead atoms. The molecule has 3 amide bonds. The number of thiocarbonyl (C=S) groups is 1. The van der Waals surface area contributed by atoms with Crippen LogP contribution in [-0.2, 0) is 0 Å². The first-order valence-corrected chi connectivity index (χ1v) is 10.6. The Morgan fingerprint density at radius 1 is 0.758 bits per heavy atom. The summed E-state index contributed by atoms with van der Waals surface area (Å²) in [4.78, 5) is 39.4. The van der Waals surface area contributed by atoms with E-state index in [1.165, 1.54) is 0 Å². The Balaban J connectivity index is 1.33. The van der Waals surface area contributed by atoms with Crippen molar-refractivity contribution in [3.63, 3.8) is 0 Å². The molecule has 2 N–H and O–H groups in total. The highest BCUT2D eigenvalue weighted by atomic mass is 32.1. The maximum Gasteiger partial charge on any atom is 0.266 e. The summed E-state index contributed by atoms with van der Waals surface area (Å²) < 4.78 is 0. The number of carbonyl (C=O) groups excluding carboxylic acids is 3. The smallest absolute Gasteiger partial charge is 0.266 e. The highest BCUT2D eigenvalue weighted by Crippen LogP contribution is 2.29. The molecular formula is C26H17N3O3S. The van der Waals surface area contributed by atoms with Gasteiger partial charge in [-0.25, -0.2) is 4.90 Å². The molecule has 1 aliphatic rings. The minimum atomic E-state index is -0.375. The molecule has 0 unspecified atom stereocenters. The van der Waals surface area contributed by atoms with Crippen LogP contribution in [-0.4, -0.2) is 22.8 Å². The Bertz CT molecular complexity index is 1420. The van der Waals surface area contributed by atoms with E-state index in [0.717, 1.165) is 15.7 Å². The zero-order valence-corrected chi connectivity index (χ0v) is 18.1. The van der Waals surface area contributed by atoms with Gasteiger partial charge in [0.15, 0.2) is 5.11 Å². The minimum absolute atomic E-state index is 0.104. The molecular weight excluding hydrogens is 434 g/mol. The summed E-state index contributed by atoms with van der Waals surface area (Å²) in [5.41, 5.74) is 2.20. The summed E-state index contributed by atoms with van der Waals surface area (Å²) in [5, 5.41) is 7.53. The fraction of sp³-hybridized carbons (Fsp3) is 0. The predicted octanol–water partition coefficient (Wildman–Crippen LogP) is 4.77.